The van der Waals surface area contributed by atoms with E-state index < -0.39 is 17.5 Å². The number of benzene rings is 1. The Bertz CT molecular complexity index is 420. The Morgan fingerprint density at radius 3 is 2.81 bits per heavy atom. The van der Waals surface area contributed by atoms with Crippen LogP contribution in [0.25, 0.3) is 0 Å². The first-order valence-electron chi connectivity index (χ1n) is 4.18. The van der Waals surface area contributed by atoms with Gasteiger partial charge in [-0.2, -0.15) is 0 Å². The SMILES string of the molecule is COC(=O)COc1c(Cl)cccc1[N+](=O)[O-]. The zero-order valence-electron chi connectivity index (χ0n) is 8.31. The van der Waals surface area contributed by atoms with Gasteiger partial charge < -0.3 is 9.47 Å². The Morgan fingerprint density at radius 1 is 1.56 bits per heavy atom. The largest absolute Gasteiger partial charge is 0.474 e. The van der Waals surface area contributed by atoms with Crippen molar-refractivity contribution in [2.24, 2.45) is 0 Å². The Kier molecular flexibility index (Phi) is 4.07. The number of esters is 1. The Hall–Kier alpha value is -1.82. The molecule has 0 heterocycles. The molecule has 0 saturated carbocycles. The summed E-state index contributed by atoms with van der Waals surface area (Å²) in [7, 11) is 1.19. The number of hydrogen-bond donors (Lipinski definition) is 0. The van der Waals surface area contributed by atoms with Crippen LogP contribution < -0.4 is 4.74 Å². The Morgan fingerprint density at radius 2 is 2.25 bits per heavy atom. The fourth-order valence-corrected chi connectivity index (χ4v) is 1.20. The average Bonchev–Trinajstić information content (AvgIpc) is 2.26. The van der Waals surface area contributed by atoms with E-state index in [-0.39, 0.29) is 16.5 Å². The van der Waals surface area contributed by atoms with E-state index in [9.17, 15) is 14.9 Å². The maximum Gasteiger partial charge on any atom is 0.343 e. The molecule has 0 spiro atoms. The number of rotatable bonds is 4. The zero-order chi connectivity index (χ0) is 12.1. The summed E-state index contributed by atoms with van der Waals surface area (Å²) in [6.07, 6.45) is 0. The molecule has 1 aromatic carbocycles. The van der Waals surface area contributed by atoms with E-state index in [4.69, 9.17) is 16.3 Å². The number of para-hydroxylation sites is 1. The summed E-state index contributed by atoms with van der Waals surface area (Å²) < 4.78 is 9.27. The molecule has 0 saturated heterocycles. The predicted octanol–water partition coefficient (Wildman–Crippen LogP) is 1.80. The molecule has 0 unspecified atom stereocenters. The summed E-state index contributed by atoms with van der Waals surface area (Å²) >= 11 is 5.72. The summed E-state index contributed by atoms with van der Waals surface area (Å²) in [5.41, 5.74) is -0.295. The number of carbonyl (C=O) groups is 1. The zero-order valence-corrected chi connectivity index (χ0v) is 9.06. The van der Waals surface area contributed by atoms with Gasteiger partial charge in [0.25, 0.3) is 0 Å². The molecule has 7 heteroatoms. The van der Waals surface area contributed by atoms with Crippen LogP contribution in [0.3, 0.4) is 0 Å². The molecule has 16 heavy (non-hydrogen) atoms. The molecule has 0 radical (unpaired) electrons. The standard InChI is InChI=1S/C9H8ClNO5/c1-15-8(12)5-16-9-6(10)3-2-4-7(9)11(13)14/h2-4H,5H2,1H3. The van der Waals surface area contributed by atoms with E-state index in [1.165, 1.54) is 25.3 Å². The van der Waals surface area contributed by atoms with Gasteiger partial charge in [-0.05, 0) is 6.07 Å². The maximum atomic E-state index is 10.8. The molecule has 0 fully saturated rings. The van der Waals surface area contributed by atoms with E-state index >= 15 is 0 Å². The molecule has 86 valence electrons. The third-order valence-corrected chi connectivity index (χ3v) is 2.00. The number of methoxy groups -OCH3 is 1. The van der Waals surface area contributed by atoms with Crippen LogP contribution in [0.15, 0.2) is 18.2 Å². The number of halogens is 1. The van der Waals surface area contributed by atoms with Gasteiger partial charge in [0.05, 0.1) is 17.1 Å². The predicted molar refractivity (Wildman–Crippen MR) is 55.6 cm³/mol. The third-order valence-electron chi connectivity index (χ3n) is 1.70. The van der Waals surface area contributed by atoms with Gasteiger partial charge in [-0.3, -0.25) is 10.1 Å². The van der Waals surface area contributed by atoms with Crippen LogP contribution in [0.1, 0.15) is 0 Å². The van der Waals surface area contributed by atoms with Crippen molar-refractivity contribution in [2.45, 2.75) is 0 Å². The number of nitro benzene ring substituents is 1. The number of nitrogens with zero attached hydrogens (tertiary/aromatic N) is 1. The minimum absolute atomic E-state index is 0.0677. The molecule has 0 N–H and O–H groups in total. The van der Waals surface area contributed by atoms with Crippen molar-refractivity contribution < 1.29 is 19.2 Å². The molecule has 0 aliphatic rings. The van der Waals surface area contributed by atoms with Crippen LogP contribution in [-0.4, -0.2) is 24.6 Å². The van der Waals surface area contributed by atoms with Gasteiger partial charge in [0, 0.05) is 6.07 Å². The molecule has 0 aliphatic carbocycles. The highest BCUT2D eigenvalue weighted by atomic mass is 35.5. The summed E-state index contributed by atoms with van der Waals surface area (Å²) in [4.78, 5) is 20.8. The Labute approximate surface area is 95.9 Å². The molecular formula is C9H8ClNO5. The van der Waals surface area contributed by atoms with Crippen LogP contribution in [0, 0.1) is 10.1 Å². The van der Waals surface area contributed by atoms with E-state index in [0.717, 1.165) is 0 Å². The van der Waals surface area contributed by atoms with E-state index in [1.807, 2.05) is 0 Å². The molecule has 1 rings (SSSR count). The van der Waals surface area contributed by atoms with Gasteiger partial charge in [-0.25, -0.2) is 4.79 Å². The van der Waals surface area contributed by atoms with Gasteiger partial charge in [-0.1, -0.05) is 17.7 Å². The molecule has 0 aromatic heterocycles. The number of carbonyl (C=O) groups excluding carboxylic acids is 1. The lowest BCUT2D eigenvalue weighted by Gasteiger charge is -2.06. The van der Waals surface area contributed by atoms with Gasteiger partial charge in [0.15, 0.2) is 6.61 Å². The highest BCUT2D eigenvalue weighted by Crippen LogP contribution is 2.34. The lowest BCUT2D eigenvalue weighted by Crippen LogP contribution is -2.13. The van der Waals surface area contributed by atoms with Gasteiger partial charge >= 0.3 is 11.7 Å². The molecule has 0 amide bonds. The van der Waals surface area contributed by atoms with Gasteiger partial charge in [0.1, 0.15) is 0 Å². The molecular weight excluding hydrogens is 238 g/mol. The van der Waals surface area contributed by atoms with Crippen LogP contribution in [0.4, 0.5) is 5.69 Å². The minimum atomic E-state index is -0.644. The summed E-state index contributed by atoms with van der Waals surface area (Å²) in [5.74, 6) is -0.784. The molecule has 0 bridgehead atoms. The lowest BCUT2D eigenvalue weighted by atomic mass is 10.3. The number of nitro groups is 1. The second-order valence-electron chi connectivity index (χ2n) is 2.71. The topological polar surface area (TPSA) is 78.7 Å². The maximum absolute atomic E-state index is 10.8. The third kappa shape index (κ3) is 2.83. The molecule has 1 aromatic rings. The molecule has 0 aliphatic heterocycles. The van der Waals surface area contributed by atoms with Crippen molar-refractivity contribution in [1.82, 2.24) is 0 Å². The Balaban J connectivity index is 2.93. The fraction of sp³-hybridized carbons (Fsp3) is 0.222. The van der Waals surface area contributed by atoms with E-state index in [0.29, 0.717) is 0 Å². The van der Waals surface area contributed by atoms with Crippen molar-refractivity contribution in [1.29, 1.82) is 0 Å². The highest BCUT2D eigenvalue weighted by molar-refractivity contribution is 6.32. The van der Waals surface area contributed by atoms with Gasteiger partial charge in [-0.15, -0.1) is 0 Å². The highest BCUT2D eigenvalue weighted by Gasteiger charge is 2.19. The van der Waals surface area contributed by atoms with E-state index in [1.54, 1.807) is 0 Å². The molecule has 6 nitrogen and oxygen atoms in total. The normalized spacial score (nSPS) is 9.62. The van der Waals surface area contributed by atoms with Crippen molar-refractivity contribution in [3.05, 3.63) is 33.3 Å². The lowest BCUT2D eigenvalue weighted by molar-refractivity contribution is -0.385. The first-order chi connectivity index (χ1) is 7.56. The quantitative estimate of drug-likeness (QED) is 0.459. The fourth-order valence-electron chi connectivity index (χ4n) is 0.974. The number of ether oxygens (including phenoxy) is 2. The van der Waals surface area contributed by atoms with Crippen molar-refractivity contribution in [2.75, 3.05) is 13.7 Å². The smallest absolute Gasteiger partial charge is 0.343 e. The monoisotopic (exact) mass is 245 g/mol. The van der Waals surface area contributed by atoms with E-state index in [2.05, 4.69) is 4.74 Å². The second-order valence-corrected chi connectivity index (χ2v) is 3.12. The minimum Gasteiger partial charge on any atom is -0.474 e. The average molecular weight is 246 g/mol. The van der Waals surface area contributed by atoms with Crippen LogP contribution in [0.2, 0.25) is 5.02 Å². The summed E-state index contributed by atoms with van der Waals surface area (Å²) in [6.45, 7) is -0.429. The summed E-state index contributed by atoms with van der Waals surface area (Å²) in [5, 5.41) is 10.7. The van der Waals surface area contributed by atoms with Crippen LogP contribution in [-0.2, 0) is 9.53 Å². The summed E-state index contributed by atoms with van der Waals surface area (Å²) in [6, 6.07) is 4.09. The van der Waals surface area contributed by atoms with Crippen LogP contribution in [0.5, 0.6) is 5.75 Å². The molecule has 0 atom stereocenters. The first-order valence-corrected chi connectivity index (χ1v) is 4.56. The first kappa shape index (κ1) is 12.3. The van der Waals surface area contributed by atoms with Crippen molar-refractivity contribution in [3.63, 3.8) is 0 Å². The van der Waals surface area contributed by atoms with Crippen molar-refractivity contribution >= 4 is 23.3 Å². The van der Waals surface area contributed by atoms with Crippen molar-refractivity contribution in [3.8, 4) is 5.75 Å². The van der Waals surface area contributed by atoms with Crippen LogP contribution >= 0.6 is 11.6 Å². The second kappa shape index (κ2) is 5.32. The van der Waals surface area contributed by atoms with Gasteiger partial charge in [0.2, 0.25) is 5.75 Å². The number of hydrogen-bond acceptors (Lipinski definition) is 5.